The predicted octanol–water partition coefficient (Wildman–Crippen LogP) is 5.12. The van der Waals surface area contributed by atoms with Crippen LogP contribution in [-0.2, 0) is 11.3 Å². The van der Waals surface area contributed by atoms with Crippen LogP contribution in [0.5, 0.6) is 5.75 Å². The number of rotatable bonds is 7. The number of amides is 1. The Morgan fingerprint density at radius 2 is 1.79 bits per heavy atom. The molecule has 0 spiro atoms. The number of carbonyl (C=O) groups excluding carboxylic acids is 1. The zero-order valence-corrected chi connectivity index (χ0v) is 19.8. The van der Waals surface area contributed by atoms with Crippen molar-refractivity contribution >= 4 is 11.6 Å². The van der Waals surface area contributed by atoms with Gasteiger partial charge in [0.25, 0.3) is 5.91 Å². The van der Waals surface area contributed by atoms with Crippen LogP contribution >= 0.6 is 0 Å². The van der Waals surface area contributed by atoms with E-state index in [1.807, 2.05) is 54.4 Å². The van der Waals surface area contributed by atoms with Gasteiger partial charge in [-0.15, -0.1) is 0 Å². The first-order valence-electron chi connectivity index (χ1n) is 11.3. The fraction of sp³-hybridized carbons (Fsp3) is 0.286. The maximum absolute atomic E-state index is 13.4. The summed E-state index contributed by atoms with van der Waals surface area (Å²) < 4.78 is 5.29. The minimum Gasteiger partial charge on any atom is -0.497 e. The van der Waals surface area contributed by atoms with Gasteiger partial charge in [0.2, 0.25) is 0 Å². The molecule has 3 aromatic rings. The van der Waals surface area contributed by atoms with Crippen LogP contribution in [0.25, 0.3) is 0 Å². The fourth-order valence-corrected chi connectivity index (χ4v) is 4.39. The Bertz CT molecular complexity index is 1140. The van der Waals surface area contributed by atoms with E-state index in [4.69, 9.17) is 9.84 Å². The van der Waals surface area contributed by atoms with Crippen LogP contribution in [0.1, 0.15) is 40.3 Å². The Morgan fingerprint density at radius 3 is 2.45 bits per heavy atom. The summed E-state index contributed by atoms with van der Waals surface area (Å²) in [5.74, 6) is 0.806. The molecular weight excluding hydrogens is 410 g/mol. The first-order valence-corrected chi connectivity index (χ1v) is 11.3. The molecule has 4 rings (SSSR count). The molecule has 3 aromatic carbocycles. The van der Waals surface area contributed by atoms with Crippen molar-refractivity contribution in [3.63, 3.8) is 0 Å². The topological polar surface area (TPSA) is 45.1 Å². The number of likely N-dealkylation sites (N-methyl/N-ethyl adjacent to an activating group) is 1. The summed E-state index contributed by atoms with van der Waals surface area (Å²) in [6.45, 7) is 5.21. The average Bonchev–Trinajstić information content (AvgIpc) is 3.25. The Kier molecular flexibility index (Phi) is 6.90. The Hall–Kier alpha value is -3.44. The molecule has 0 unspecified atom stereocenters. The highest BCUT2D eigenvalue weighted by atomic mass is 16.5. The second kappa shape index (κ2) is 10.0. The van der Waals surface area contributed by atoms with E-state index >= 15 is 0 Å². The Morgan fingerprint density at radius 1 is 1.06 bits per heavy atom. The van der Waals surface area contributed by atoms with Gasteiger partial charge in [0, 0.05) is 13.0 Å². The van der Waals surface area contributed by atoms with Crippen molar-refractivity contribution in [1.82, 2.24) is 9.91 Å². The molecule has 1 atom stereocenters. The summed E-state index contributed by atoms with van der Waals surface area (Å²) >= 11 is 0. The summed E-state index contributed by atoms with van der Waals surface area (Å²) in [5, 5.41) is 6.52. The van der Waals surface area contributed by atoms with Crippen molar-refractivity contribution in [2.24, 2.45) is 5.10 Å². The van der Waals surface area contributed by atoms with E-state index in [1.165, 1.54) is 16.7 Å². The minimum absolute atomic E-state index is 0.00178. The van der Waals surface area contributed by atoms with Gasteiger partial charge in [-0.25, -0.2) is 5.01 Å². The zero-order valence-electron chi connectivity index (χ0n) is 19.8. The summed E-state index contributed by atoms with van der Waals surface area (Å²) in [7, 11) is 3.63. The van der Waals surface area contributed by atoms with Crippen molar-refractivity contribution in [1.29, 1.82) is 0 Å². The van der Waals surface area contributed by atoms with Crippen molar-refractivity contribution in [2.75, 3.05) is 20.7 Å². The monoisotopic (exact) mass is 441 g/mol. The van der Waals surface area contributed by atoms with E-state index in [2.05, 4.69) is 44.2 Å². The molecule has 1 aliphatic heterocycles. The van der Waals surface area contributed by atoms with Gasteiger partial charge in [-0.1, -0.05) is 54.1 Å². The standard InChI is InChI=1S/C28H31N3O2/c1-20-10-15-25(21(2)16-20)27-17-26(23-11-13-24(33-4)14-12-23)29-31(27)28(32)19-30(3)18-22-8-6-5-7-9-22/h5-16,27H,17-19H2,1-4H3/t27-/m0/s1. The summed E-state index contributed by atoms with van der Waals surface area (Å²) in [4.78, 5) is 15.5. The number of benzene rings is 3. The van der Waals surface area contributed by atoms with E-state index in [9.17, 15) is 4.79 Å². The lowest BCUT2D eigenvalue weighted by Crippen LogP contribution is -2.36. The lowest BCUT2D eigenvalue weighted by atomic mass is 9.94. The maximum atomic E-state index is 13.4. The highest BCUT2D eigenvalue weighted by Gasteiger charge is 2.34. The van der Waals surface area contributed by atoms with Crippen LogP contribution in [0.15, 0.2) is 77.9 Å². The summed E-state index contributed by atoms with van der Waals surface area (Å²) in [5.41, 5.74) is 6.65. The molecule has 33 heavy (non-hydrogen) atoms. The highest BCUT2D eigenvalue weighted by molar-refractivity contribution is 6.03. The number of ether oxygens (including phenoxy) is 1. The SMILES string of the molecule is COc1ccc(C2=NN(C(=O)CN(C)Cc3ccccc3)[C@H](c3ccc(C)cc3C)C2)cc1. The third-order valence-corrected chi connectivity index (χ3v) is 6.07. The maximum Gasteiger partial charge on any atom is 0.257 e. The molecule has 5 heteroatoms. The molecule has 0 aromatic heterocycles. The number of hydrogen-bond acceptors (Lipinski definition) is 4. The number of carbonyl (C=O) groups is 1. The largest absolute Gasteiger partial charge is 0.497 e. The average molecular weight is 442 g/mol. The summed E-state index contributed by atoms with van der Waals surface area (Å²) in [6, 6.07) is 24.4. The number of hydrogen-bond donors (Lipinski definition) is 0. The third-order valence-electron chi connectivity index (χ3n) is 6.07. The third kappa shape index (κ3) is 5.32. The lowest BCUT2D eigenvalue weighted by Gasteiger charge is -2.26. The first-order chi connectivity index (χ1) is 15.9. The molecule has 5 nitrogen and oxygen atoms in total. The van der Waals surface area contributed by atoms with Gasteiger partial charge in [0.15, 0.2) is 0 Å². The number of aryl methyl sites for hydroxylation is 2. The molecule has 1 aliphatic rings. The van der Waals surface area contributed by atoms with Crippen LogP contribution in [0.4, 0.5) is 0 Å². The molecule has 0 bridgehead atoms. The van der Waals surface area contributed by atoms with E-state index < -0.39 is 0 Å². The molecule has 0 fully saturated rings. The van der Waals surface area contributed by atoms with Crippen molar-refractivity contribution in [3.8, 4) is 5.75 Å². The van der Waals surface area contributed by atoms with Crippen LogP contribution < -0.4 is 4.74 Å². The summed E-state index contributed by atoms with van der Waals surface area (Å²) in [6.07, 6.45) is 0.685. The normalized spacial score (nSPS) is 15.6. The van der Waals surface area contributed by atoms with Crippen molar-refractivity contribution in [2.45, 2.75) is 32.9 Å². The molecule has 0 saturated heterocycles. The molecule has 0 aliphatic carbocycles. The number of hydrazone groups is 1. The van der Waals surface area contributed by atoms with Gasteiger partial charge in [-0.2, -0.15) is 5.10 Å². The van der Waals surface area contributed by atoms with Crippen molar-refractivity contribution in [3.05, 3.63) is 101 Å². The van der Waals surface area contributed by atoms with Gasteiger partial charge in [0.1, 0.15) is 5.75 Å². The van der Waals surface area contributed by atoms with Gasteiger partial charge in [0.05, 0.1) is 25.4 Å². The molecule has 1 heterocycles. The molecule has 0 radical (unpaired) electrons. The molecule has 0 saturated carbocycles. The minimum atomic E-state index is -0.111. The Balaban J connectivity index is 1.59. The second-order valence-electron chi connectivity index (χ2n) is 8.75. The first kappa shape index (κ1) is 22.7. The smallest absolute Gasteiger partial charge is 0.257 e. The quantitative estimate of drug-likeness (QED) is 0.511. The molecular formula is C28H31N3O2. The van der Waals surface area contributed by atoms with Crippen LogP contribution in [-0.4, -0.2) is 42.2 Å². The van der Waals surface area contributed by atoms with E-state index in [1.54, 1.807) is 12.1 Å². The van der Waals surface area contributed by atoms with E-state index in [-0.39, 0.29) is 11.9 Å². The number of methoxy groups -OCH3 is 1. The predicted molar refractivity (Wildman–Crippen MR) is 132 cm³/mol. The van der Waals surface area contributed by atoms with Crippen LogP contribution in [0.2, 0.25) is 0 Å². The van der Waals surface area contributed by atoms with E-state index in [0.717, 1.165) is 22.6 Å². The zero-order chi connectivity index (χ0) is 23.4. The number of nitrogens with zero attached hydrogens (tertiary/aromatic N) is 3. The van der Waals surface area contributed by atoms with Gasteiger partial charge in [-0.3, -0.25) is 9.69 Å². The molecule has 1 amide bonds. The van der Waals surface area contributed by atoms with Gasteiger partial charge < -0.3 is 4.74 Å². The van der Waals surface area contributed by atoms with Crippen molar-refractivity contribution < 1.29 is 9.53 Å². The molecule has 170 valence electrons. The fourth-order valence-electron chi connectivity index (χ4n) is 4.39. The van der Waals surface area contributed by atoms with Crippen LogP contribution in [0, 0.1) is 13.8 Å². The van der Waals surface area contributed by atoms with Gasteiger partial charge in [-0.05, 0) is 67.4 Å². The lowest BCUT2D eigenvalue weighted by molar-refractivity contribution is -0.134. The Labute approximate surface area is 196 Å². The highest BCUT2D eigenvalue weighted by Crippen LogP contribution is 2.35. The molecule has 0 N–H and O–H groups in total. The van der Waals surface area contributed by atoms with Crippen LogP contribution in [0.3, 0.4) is 0 Å². The van der Waals surface area contributed by atoms with E-state index in [0.29, 0.717) is 19.5 Å². The second-order valence-corrected chi connectivity index (χ2v) is 8.75. The van der Waals surface area contributed by atoms with Gasteiger partial charge >= 0.3 is 0 Å².